The first-order valence-corrected chi connectivity index (χ1v) is 8.79. The van der Waals surface area contributed by atoms with Crippen molar-refractivity contribution < 1.29 is 34.5 Å². The number of thioether (sulfide) groups is 1. The second-order valence-electron chi connectivity index (χ2n) is 6.47. The molecule has 0 bridgehead atoms. The van der Waals surface area contributed by atoms with Gasteiger partial charge in [0.05, 0.1) is 18.1 Å². The van der Waals surface area contributed by atoms with Crippen molar-refractivity contribution in [3.05, 3.63) is 0 Å². The maximum atomic E-state index is 12.8. The minimum absolute atomic E-state index is 0.308. The van der Waals surface area contributed by atoms with Crippen LogP contribution in [0.1, 0.15) is 27.7 Å². The molecule has 1 aliphatic heterocycles. The van der Waals surface area contributed by atoms with Gasteiger partial charge in [0, 0.05) is 12.7 Å². The SMILES string of the molecule is CC(=O)NC(CSC(=O)C1(C(O)C(C)C)NC(=O)[C@H](C)C1O)C(=O)O. The van der Waals surface area contributed by atoms with Gasteiger partial charge in [0.25, 0.3) is 0 Å². The number of carbonyl (C=O) groups is 4. The van der Waals surface area contributed by atoms with Crippen LogP contribution in [-0.4, -0.2) is 67.8 Å². The Morgan fingerprint density at radius 2 is 1.92 bits per heavy atom. The standard InChI is InChI=1S/C15H24N2O7S/c1-6(2)10(19)15(11(20)7(3)12(21)17-15)14(24)25-5-9(13(22)23)16-8(4)18/h6-7,9-11,19-20H,5H2,1-4H3,(H,16,18)(H,17,21)(H,22,23)/t7-,9?,10?,11?,15?/m1/s1. The first-order chi connectivity index (χ1) is 11.4. The maximum Gasteiger partial charge on any atom is 0.327 e. The molecular weight excluding hydrogens is 352 g/mol. The highest BCUT2D eigenvalue weighted by Crippen LogP contribution is 2.36. The molecule has 0 radical (unpaired) electrons. The number of aliphatic hydroxyl groups is 2. The van der Waals surface area contributed by atoms with E-state index in [-0.39, 0.29) is 5.75 Å². The number of carboxylic acid groups (broad SMARTS) is 1. The smallest absolute Gasteiger partial charge is 0.327 e. The summed E-state index contributed by atoms with van der Waals surface area (Å²) >= 11 is 0.535. The number of hydrogen-bond donors (Lipinski definition) is 5. The molecule has 10 heteroatoms. The zero-order valence-corrected chi connectivity index (χ0v) is 15.3. The second-order valence-corrected chi connectivity index (χ2v) is 7.46. The van der Waals surface area contributed by atoms with Crippen LogP contribution in [0.2, 0.25) is 0 Å². The molecule has 25 heavy (non-hydrogen) atoms. The highest BCUT2D eigenvalue weighted by Gasteiger charge is 2.60. The largest absolute Gasteiger partial charge is 0.480 e. The summed E-state index contributed by atoms with van der Waals surface area (Å²) in [6.45, 7) is 5.84. The Labute approximate surface area is 149 Å². The molecular formula is C15H24N2O7S. The minimum atomic E-state index is -1.92. The Kier molecular flexibility index (Phi) is 6.98. The number of amides is 2. The van der Waals surface area contributed by atoms with Gasteiger partial charge in [-0.05, 0) is 5.92 Å². The Morgan fingerprint density at radius 3 is 2.28 bits per heavy atom. The molecule has 142 valence electrons. The first-order valence-electron chi connectivity index (χ1n) is 7.80. The van der Waals surface area contributed by atoms with Crippen LogP contribution >= 0.6 is 11.8 Å². The van der Waals surface area contributed by atoms with Crippen molar-refractivity contribution in [3.63, 3.8) is 0 Å². The molecule has 0 aromatic carbocycles. The lowest BCUT2D eigenvalue weighted by atomic mass is 9.81. The van der Waals surface area contributed by atoms with Crippen LogP contribution in [0.3, 0.4) is 0 Å². The summed E-state index contributed by atoms with van der Waals surface area (Å²) in [5.74, 6) is -4.12. The summed E-state index contributed by atoms with van der Waals surface area (Å²) < 4.78 is 0. The topological polar surface area (TPSA) is 153 Å². The summed E-state index contributed by atoms with van der Waals surface area (Å²) in [7, 11) is 0. The van der Waals surface area contributed by atoms with E-state index in [9.17, 15) is 29.4 Å². The van der Waals surface area contributed by atoms with Crippen LogP contribution < -0.4 is 10.6 Å². The fourth-order valence-corrected chi connectivity index (χ4v) is 3.77. The van der Waals surface area contributed by atoms with E-state index in [0.29, 0.717) is 11.8 Å². The zero-order chi connectivity index (χ0) is 19.5. The Balaban J connectivity index is 3.04. The fourth-order valence-electron chi connectivity index (χ4n) is 2.70. The molecule has 1 saturated heterocycles. The van der Waals surface area contributed by atoms with E-state index in [2.05, 4.69) is 10.6 Å². The average Bonchev–Trinajstić information content (AvgIpc) is 2.74. The molecule has 0 aliphatic carbocycles. The molecule has 9 nitrogen and oxygen atoms in total. The number of aliphatic hydroxyl groups excluding tert-OH is 2. The predicted octanol–water partition coefficient (Wildman–Crippen LogP) is -1.28. The van der Waals surface area contributed by atoms with Gasteiger partial charge in [0.15, 0.2) is 5.54 Å². The minimum Gasteiger partial charge on any atom is -0.480 e. The van der Waals surface area contributed by atoms with Gasteiger partial charge in [-0.3, -0.25) is 14.4 Å². The third-order valence-electron chi connectivity index (χ3n) is 4.18. The van der Waals surface area contributed by atoms with Crippen LogP contribution in [0.25, 0.3) is 0 Å². The van der Waals surface area contributed by atoms with Gasteiger partial charge in [-0.25, -0.2) is 4.79 Å². The molecule has 1 heterocycles. The van der Waals surface area contributed by atoms with Crippen molar-refractivity contribution in [2.24, 2.45) is 11.8 Å². The van der Waals surface area contributed by atoms with Gasteiger partial charge < -0.3 is 26.0 Å². The van der Waals surface area contributed by atoms with E-state index in [1.165, 1.54) is 6.92 Å². The summed E-state index contributed by atoms with van der Waals surface area (Å²) in [6.07, 6.45) is -2.82. The third kappa shape index (κ3) is 4.31. The van der Waals surface area contributed by atoms with Crippen molar-refractivity contribution in [3.8, 4) is 0 Å². The lowest BCUT2D eigenvalue weighted by Crippen LogP contribution is -2.64. The van der Waals surface area contributed by atoms with Crippen molar-refractivity contribution in [2.75, 3.05) is 5.75 Å². The normalized spacial score (nSPS) is 28.4. The van der Waals surface area contributed by atoms with Gasteiger partial charge in [0.1, 0.15) is 6.04 Å². The number of carbonyl (C=O) groups excluding carboxylic acids is 3. The molecule has 0 saturated carbocycles. The molecule has 4 unspecified atom stereocenters. The van der Waals surface area contributed by atoms with Crippen LogP contribution in [-0.2, 0) is 19.2 Å². The van der Waals surface area contributed by atoms with Gasteiger partial charge >= 0.3 is 5.97 Å². The van der Waals surface area contributed by atoms with Crippen LogP contribution in [0.5, 0.6) is 0 Å². The Hall–Kier alpha value is -1.65. The van der Waals surface area contributed by atoms with Gasteiger partial charge in [-0.1, -0.05) is 32.5 Å². The number of rotatable bonds is 7. The number of aliphatic carboxylic acids is 1. The first kappa shape index (κ1) is 21.4. The second kappa shape index (κ2) is 8.15. The molecule has 2 amide bonds. The molecule has 1 fully saturated rings. The molecule has 1 rings (SSSR count). The molecule has 5 atom stereocenters. The molecule has 0 spiro atoms. The average molecular weight is 376 g/mol. The van der Waals surface area contributed by atoms with Crippen molar-refractivity contribution in [2.45, 2.75) is 51.5 Å². The monoisotopic (exact) mass is 376 g/mol. The third-order valence-corrected chi connectivity index (χ3v) is 5.28. The lowest BCUT2D eigenvalue weighted by molar-refractivity contribution is -0.140. The molecule has 0 aromatic rings. The quantitative estimate of drug-likeness (QED) is 0.368. The zero-order valence-electron chi connectivity index (χ0n) is 14.5. The number of carboxylic acids is 1. The van der Waals surface area contributed by atoms with E-state index < -0.39 is 58.5 Å². The fraction of sp³-hybridized carbons (Fsp3) is 0.733. The molecule has 1 aliphatic rings. The Bertz CT molecular complexity index is 568. The van der Waals surface area contributed by atoms with E-state index >= 15 is 0 Å². The number of nitrogens with one attached hydrogen (secondary N) is 2. The maximum absolute atomic E-state index is 12.8. The molecule has 0 aromatic heterocycles. The highest BCUT2D eigenvalue weighted by atomic mass is 32.2. The summed E-state index contributed by atoms with van der Waals surface area (Å²) in [4.78, 5) is 46.9. The van der Waals surface area contributed by atoms with Crippen molar-refractivity contribution >= 4 is 34.7 Å². The highest BCUT2D eigenvalue weighted by molar-refractivity contribution is 8.13. The molecule has 5 N–H and O–H groups in total. The predicted molar refractivity (Wildman–Crippen MR) is 89.6 cm³/mol. The van der Waals surface area contributed by atoms with Gasteiger partial charge in [0.2, 0.25) is 16.9 Å². The Morgan fingerprint density at radius 1 is 1.36 bits per heavy atom. The van der Waals surface area contributed by atoms with Crippen molar-refractivity contribution in [1.82, 2.24) is 10.6 Å². The van der Waals surface area contributed by atoms with E-state index in [4.69, 9.17) is 5.11 Å². The van der Waals surface area contributed by atoms with E-state index in [0.717, 1.165) is 6.92 Å². The number of hydrogen-bond acceptors (Lipinski definition) is 7. The van der Waals surface area contributed by atoms with Crippen molar-refractivity contribution in [1.29, 1.82) is 0 Å². The van der Waals surface area contributed by atoms with Gasteiger partial charge in [-0.2, -0.15) is 0 Å². The summed E-state index contributed by atoms with van der Waals surface area (Å²) in [5.41, 5.74) is -1.92. The van der Waals surface area contributed by atoms with Crippen LogP contribution in [0.4, 0.5) is 0 Å². The lowest BCUT2D eigenvalue weighted by Gasteiger charge is -2.37. The van der Waals surface area contributed by atoms with Gasteiger partial charge in [-0.15, -0.1) is 0 Å². The van der Waals surface area contributed by atoms with E-state index in [1.807, 2.05) is 0 Å². The van der Waals surface area contributed by atoms with Crippen LogP contribution in [0, 0.1) is 11.8 Å². The summed E-state index contributed by atoms with van der Waals surface area (Å²) in [6, 6.07) is -1.31. The summed E-state index contributed by atoms with van der Waals surface area (Å²) in [5, 5.41) is 33.8. The van der Waals surface area contributed by atoms with E-state index in [1.54, 1.807) is 13.8 Å². The van der Waals surface area contributed by atoms with Crippen LogP contribution in [0.15, 0.2) is 0 Å².